The van der Waals surface area contributed by atoms with Crippen molar-refractivity contribution in [2.75, 3.05) is 13.1 Å². The van der Waals surface area contributed by atoms with Gasteiger partial charge in [0.1, 0.15) is 0 Å². The Labute approximate surface area is 177 Å². The second kappa shape index (κ2) is 43.4. The number of allylic oxidation sites excluding steroid dienone is 4. The average molecular weight is 402 g/mol. The Kier molecular flexibility index (Phi) is 93.5. The third-order valence-electron chi connectivity index (χ3n) is 2.55. The summed E-state index contributed by atoms with van der Waals surface area (Å²) in [5.74, 6) is 0. The van der Waals surface area contributed by atoms with Gasteiger partial charge in [-0.1, -0.05) is 26.7 Å². The Morgan fingerprint density at radius 1 is 0.957 bits per heavy atom. The smallest absolute Gasteiger partial charge is 0 e. The topological polar surface area (TPSA) is 3.24 Å². The maximum atomic E-state index is 2.99. The van der Waals surface area contributed by atoms with Crippen molar-refractivity contribution in [1.29, 1.82) is 0 Å². The van der Waals surface area contributed by atoms with Gasteiger partial charge in [-0.15, -0.1) is 31.2 Å². The number of unbranched alkanes of at least 4 members (excludes halogenated alkanes) is 2. The van der Waals surface area contributed by atoms with Gasteiger partial charge in [-0.2, -0.15) is 13.0 Å². The number of rotatable bonds is 7. The first kappa shape index (κ1) is 49.6. The van der Waals surface area contributed by atoms with Crippen molar-refractivity contribution < 1.29 is 21.7 Å². The van der Waals surface area contributed by atoms with Gasteiger partial charge in [-0.25, -0.2) is 12.2 Å². The van der Waals surface area contributed by atoms with Gasteiger partial charge in [0.2, 0.25) is 0 Å². The van der Waals surface area contributed by atoms with Gasteiger partial charge in [-0.05, 0) is 25.9 Å². The zero-order valence-corrected chi connectivity index (χ0v) is 19.7. The minimum atomic E-state index is 0. The monoisotopic (exact) mass is 401 g/mol. The first-order valence-electron chi connectivity index (χ1n) is 6.60. The van der Waals surface area contributed by atoms with Crippen LogP contribution in [0.4, 0.5) is 0 Å². The third-order valence-corrected chi connectivity index (χ3v) is 2.55. The molecule has 1 aliphatic rings. The molecule has 1 aliphatic carbocycles. The fourth-order valence-electron chi connectivity index (χ4n) is 1.43. The van der Waals surface area contributed by atoms with Crippen LogP contribution in [-0.4, -0.2) is 18.0 Å². The van der Waals surface area contributed by atoms with Crippen molar-refractivity contribution >= 4 is 24.8 Å². The molecular formula is C19H41Cl2NTi-6. The maximum Gasteiger partial charge on any atom is 0 e. The van der Waals surface area contributed by atoms with Crippen LogP contribution in [-0.2, 0) is 21.7 Å². The quantitative estimate of drug-likeness (QED) is 0.327. The predicted molar refractivity (Wildman–Crippen MR) is 113 cm³/mol. The summed E-state index contributed by atoms with van der Waals surface area (Å²) in [5, 5.41) is 0. The van der Waals surface area contributed by atoms with Gasteiger partial charge in [0.25, 0.3) is 0 Å². The SMILES string of the molecule is C[CH-]N(CCCC)CCCC.Cl.Cl.[C-]1=CC=CC1.[CH3-].[CH3-].[CH3-].[CH3-].[Ti]. The molecule has 0 unspecified atom stereocenters. The second-order valence-electron chi connectivity index (χ2n) is 4.00. The van der Waals surface area contributed by atoms with E-state index in [-0.39, 0.29) is 76.2 Å². The normalized spacial score (nSPS) is 9.04. The van der Waals surface area contributed by atoms with Crippen LogP contribution < -0.4 is 0 Å². The van der Waals surface area contributed by atoms with Gasteiger partial charge < -0.3 is 34.6 Å². The van der Waals surface area contributed by atoms with Crippen LogP contribution in [0.5, 0.6) is 0 Å². The molecule has 0 fully saturated rings. The van der Waals surface area contributed by atoms with Crippen LogP contribution in [0.3, 0.4) is 0 Å². The maximum absolute atomic E-state index is 2.99. The summed E-state index contributed by atoms with van der Waals surface area (Å²) in [6.07, 6.45) is 15.3. The van der Waals surface area contributed by atoms with Crippen molar-refractivity contribution in [3.8, 4) is 0 Å². The van der Waals surface area contributed by atoms with Gasteiger partial charge >= 0.3 is 0 Å². The van der Waals surface area contributed by atoms with Crippen LogP contribution in [0, 0.1) is 42.3 Å². The summed E-state index contributed by atoms with van der Waals surface area (Å²) < 4.78 is 0. The van der Waals surface area contributed by atoms with Crippen LogP contribution in [0.25, 0.3) is 0 Å². The molecule has 0 N–H and O–H groups in total. The molecule has 4 heteroatoms. The van der Waals surface area contributed by atoms with Crippen LogP contribution in [0.2, 0.25) is 0 Å². The summed E-state index contributed by atoms with van der Waals surface area (Å²) in [4.78, 5) is 2.42. The molecular weight excluding hydrogens is 361 g/mol. The van der Waals surface area contributed by atoms with Crippen LogP contribution in [0.15, 0.2) is 18.2 Å². The van der Waals surface area contributed by atoms with E-state index in [0.29, 0.717) is 0 Å². The van der Waals surface area contributed by atoms with Crippen molar-refractivity contribution in [1.82, 2.24) is 4.90 Å². The molecule has 0 aromatic rings. The van der Waals surface area contributed by atoms with Crippen molar-refractivity contribution in [3.63, 3.8) is 0 Å². The van der Waals surface area contributed by atoms with E-state index in [9.17, 15) is 0 Å². The molecule has 0 aromatic carbocycles. The molecule has 23 heavy (non-hydrogen) atoms. The van der Waals surface area contributed by atoms with E-state index >= 15 is 0 Å². The zero-order valence-electron chi connectivity index (χ0n) is 16.5. The first-order chi connectivity index (χ1) is 7.85. The molecule has 1 rings (SSSR count). The average Bonchev–Trinajstić information content (AvgIpc) is 2.88. The predicted octanol–water partition coefficient (Wildman–Crippen LogP) is 7.02. The molecule has 0 heterocycles. The molecule has 0 aliphatic heterocycles. The number of nitrogens with zero attached hydrogens (tertiary/aromatic N) is 1. The first-order valence-corrected chi connectivity index (χ1v) is 6.60. The van der Waals surface area contributed by atoms with E-state index in [0.717, 1.165) is 6.42 Å². The summed E-state index contributed by atoms with van der Waals surface area (Å²) in [5.41, 5.74) is 0. The van der Waals surface area contributed by atoms with E-state index in [4.69, 9.17) is 0 Å². The minimum Gasteiger partial charge on any atom is -0.457 e. The molecule has 0 aromatic heterocycles. The van der Waals surface area contributed by atoms with E-state index in [2.05, 4.69) is 44.4 Å². The molecule has 146 valence electrons. The Morgan fingerprint density at radius 2 is 1.39 bits per heavy atom. The molecule has 1 nitrogen and oxygen atoms in total. The largest absolute Gasteiger partial charge is 0.457 e. The fraction of sp³-hybridized carbons (Fsp3) is 0.526. The van der Waals surface area contributed by atoms with Crippen molar-refractivity contribution in [3.05, 3.63) is 60.6 Å². The Hall–Kier alpha value is 0.734. The molecule has 0 amide bonds. The molecule has 0 saturated heterocycles. The molecule has 0 saturated carbocycles. The summed E-state index contributed by atoms with van der Waals surface area (Å²) in [7, 11) is 0. The summed E-state index contributed by atoms with van der Waals surface area (Å²) in [6, 6.07) is 0. The van der Waals surface area contributed by atoms with Crippen molar-refractivity contribution in [2.24, 2.45) is 0 Å². The van der Waals surface area contributed by atoms with Crippen LogP contribution >= 0.6 is 24.8 Å². The number of hydrogen-bond donors (Lipinski definition) is 0. The minimum absolute atomic E-state index is 0. The van der Waals surface area contributed by atoms with Gasteiger partial charge in [0, 0.05) is 21.7 Å². The van der Waals surface area contributed by atoms with Gasteiger partial charge in [0.15, 0.2) is 0 Å². The Morgan fingerprint density at radius 3 is 1.57 bits per heavy atom. The third kappa shape index (κ3) is 39.5. The molecule has 0 spiro atoms. The Balaban J connectivity index is -0.0000000278. The molecule has 0 atom stereocenters. The van der Waals surface area contributed by atoms with Crippen LogP contribution in [0.1, 0.15) is 52.9 Å². The standard InChI is InChI=1S/C10H22N.C5H5.4CH3.2ClH.Ti/c1-4-7-9-11(6-3)10-8-5-2;1-2-4-5-3-1;;;;;;;/h6H,4-5,7-10H2,1-3H3;1-3H,4H2;4*1H3;2*1H;/q6*-1;;;. The fourth-order valence-corrected chi connectivity index (χ4v) is 1.43. The summed E-state index contributed by atoms with van der Waals surface area (Å²) in [6.45, 7) is 11.3. The van der Waals surface area contributed by atoms with E-state index in [1.807, 2.05) is 12.2 Å². The van der Waals surface area contributed by atoms with Gasteiger partial charge in [-0.3, -0.25) is 12.6 Å². The summed E-state index contributed by atoms with van der Waals surface area (Å²) >= 11 is 0. The zero-order chi connectivity index (χ0) is 12.1. The molecule has 0 radical (unpaired) electrons. The van der Waals surface area contributed by atoms with Crippen molar-refractivity contribution in [2.45, 2.75) is 52.9 Å². The Bertz CT molecular complexity index is 180. The number of halogens is 2. The second-order valence-corrected chi connectivity index (χ2v) is 4.00. The van der Waals surface area contributed by atoms with E-state index in [1.54, 1.807) is 0 Å². The van der Waals surface area contributed by atoms with E-state index < -0.39 is 0 Å². The van der Waals surface area contributed by atoms with Gasteiger partial charge in [0.05, 0.1) is 0 Å². The molecule has 0 bridgehead atoms. The number of hydrogen-bond acceptors (Lipinski definition) is 1. The van der Waals surface area contributed by atoms with E-state index in [1.165, 1.54) is 38.8 Å².